The van der Waals surface area contributed by atoms with Crippen molar-refractivity contribution in [1.82, 2.24) is 10.2 Å². The summed E-state index contributed by atoms with van der Waals surface area (Å²) in [5, 5.41) is 7.72. The zero-order valence-electron chi connectivity index (χ0n) is 8.62. The van der Waals surface area contributed by atoms with Gasteiger partial charge in [0.15, 0.2) is 0 Å². The maximum Gasteiger partial charge on any atom is 0.231 e. The summed E-state index contributed by atoms with van der Waals surface area (Å²) in [5.41, 5.74) is 0. The largest absolute Gasteiger partial charge is 0.424 e. The summed E-state index contributed by atoms with van der Waals surface area (Å²) in [5.74, 6) is 1.45. The molecule has 1 atom stereocenters. The quantitative estimate of drug-likeness (QED) is 0.745. The van der Waals surface area contributed by atoms with Gasteiger partial charge in [-0.05, 0) is 25.7 Å². The summed E-state index contributed by atoms with van der Waals surface area (Å²) < 4.78 is 10.9. The van der Waals surface area contributed by atoms with Gasteiger partial charge in [-0.3, -0.25) is 0 Å². The molecule has 0 aromatic carbocycles. The van der Waals surface area contributed by atoms with Crippen molar-refractivity contribution in [3.63, 3.8) is 0 Å². The van der Waals surface area contributed by atoms with E-state index in [1.807, 2.05) is 0 Å². The first kappa shape index (κ1) is 10.9. The number of aryl methyl sites for hydroxylation is 1. The summed E-state index contributed by atoms with van der Waals surface area (Å²) in [6.45, 7) is 0.890. The molecular formula is C10H15ClN2O2. The highest BCUT2D eigenvalue weighted by atomic mass is 35.5. The van der Waals surface area contributed by atoms with Gasteiger partial charge < -0.3 is 9.15 Å². The molecule has 0 N–H and O–H groups in total. The Morgan fingerprint density at radius 1 is 1.27 bits per heavy atom. The molecule has 15 heavy (non-hydrogen) atoms. The zero-order valence-corrected chi connectivity index (χ0v) is 9.37. The van der Waals surface area contributed by atoms with E-state index in [0.717, 1.165) is 25.9 Å². The maximum absolute atomic E-state index is 5.62. The topological polar surface area (TPSA) is 48.2 Å². The van der Waals surface area contributed by atoms with Crippen molar-refractivity contribution >= 4 is 11.6 Å². The number of aromatic nitrogens is 2. The van der Waals surface area contributed by atoms with Gasteiger partial charge in [-0.15, -0.1) is 21.8 Å². The van der Waals surface area contributed by atoms with Crippen molar-refractivity contribution in [3.8, 4) is 0 Å². The average Bonchev–Trinajstić information content (AvgIpc) is 2.76. The summed E-state index contributed by atoms with van der Waals surface area (Å²) in [6.07, 6.45) is 5.72. The number of nitrogens with zero attached hydrogens (tertiary/aromatic N) is 2. The molecule has 0 spiro atoms. The monoisotopic (exact) mass is 230 g/mol. The van der Waals surface area contributed by atoms with Crippen molar-refractivity contribution in [1.29, 1.82) is 0 Å². The molecule has 0 amide bonds. The minimum atomic E-state index is 0.285. The Hall–Kier alpha value is -0.610. The van der Waals surface area contributed by atoms with Crippen molar-refractivity contribution < 1.29 is 9.15 Å². The van der Waals surface area contributed by atoms with E-state index in [0.29, 0.717) is 17.9 Å². The molecule has 5 heteroatoms. The lowest BCUT2D eigenvalue weighted by Crippen LogP contribution is -2.19. The highest BCUT2D eigenvalue weighted by Crippen LogP contribution is 2.17. The van der Waals surface area contributed by atoms with Crippen LogP contribution in [0.5, 0.6) is 0 Å². The van der Waals surface area contributed by atoms with E-state index < -0.39 is 0 Å². The van der Waals surface area contributed by atoms with E-state index >= 15 is 0 Å². The van der Waals surface area contributed by atoms with Gasteiger partial charge in [-0.2, -0.15) is 0 Å². The molecular weight excluding hydrogens is 216 g/mol. The standard InChI is InChI=1S/C10H15ClN2O2/c11-7-10-13-12-9(15-10)5-4-8-3-1-2-6-14-8/h8H,1-7H2. The third kappa shape index (κ3) is 3.18. The smallest absolute Gasteiger partial charge is 0.231 e. The molecule has 1 aliphatic rings. The second-order valence-electron chi connectivity index (χ2n) is 3.75. The van der Waals surface area contributed by atoms with Gasteiger partial charge in [0.05, 0.1) is 6.10 Å². The van der Waals surface area contributed by atoms with Crippen LogP contribution in [0.25, 0.3) is 0 Å². The fraction of sp³-hybridized carbons (Fsp3) is 0.800. The first-order valence-corrected chi connectivity index (χ1v) is 5.91. The molecule has 0 bridgehead atoms. The normalized spacial score (nSPS) is 21.8. The first-order valence-electron chi connectivity index (χ1n) is 5.37. The van der Waals surface area contributed by atoms with E-state index in [1.54, 1.807) is 0 Å². The first-order chi connectivity index (χ1) is 7.38. The fourth-order valence-electron chi connectivity index (χ4n) is 1.76. The molecule has 1 aromatic rings. The Balaban J connectivity index is 1.76. The molecule has 0 saturated carbocycles. The third-order valence-corrected chi connectivity index (χ3v) is 2.81. The van der Waals surface area contributed by atoms with Crippen LogP contribution in [0.1, 0.15) is 37.5 Å². The Morgan fingerprint density at radius 3 is 2.80 bits per heavy atom. The summed E-state index contributed by atoms with van der Waals surface area (Å²) in [6, 6.07) is 0. The number of halogens is 1. The summed E-state index contributed by atoms with van der Waals surface area (Å²) >= 11 is 5.57. The lowest BCUT2D eigenvalue weighted by molar-refractivity contribution is 0.0105. The van der Waals surface area contributed by atoms with Crippen LogP contribution in [-0.2, 0) is 17.0 Å². The van der Waals surface area contributed by atoms with Crippen LogP contribution in [0.15, 0.2) is 4.42 Å². The lowest BCUT2D eigenvalue weighted by atomic mass is 10.0. The van der Waals surface area contributed by atoms with E-state index in [-0.39, 0.29) is 5.88 Å². The molecule has 1 aromatic heterocycles. The van der Waals surface area contributed by atoms with Crippen LogP contribution >= 0.6 is 11.6 Å². The van der Waals surface area contributed by atoms with Crippen LogP contribution in [0.2, 0.25) is 0 Å². The van der Waals surface area contributed by atoms with Gasteiger partial charge in [0.2, 0.25) is 11.8 Å². The number of alkyl halides is 1. The number of hydrogen-bond acceptors (Lipinski definition) is 4. The van der Waals surface area contributed by atoms with E-state index in [1.165, 1.54) is 12.8 Å². The fourth-order valence-corrected chi connectivity index (χ4v) is 1.87. The molecule has 84 valence electrons. The van der Waals surface area contributed by atoms with Crippen molar-refractivity contribution in [2.45, 2.75) is 44.1 Å². The Morgan fingerprint density at radius 2 is 2.13 bits per heavy atom. The molecule has 0 radical (unpaired) electrons. The van der Waals surface area contributed by atoms with Gasteiger partial charge in [0.1, 0.15) is 5.88 Å². The Bertz CT molecular complexity index is 297. The molecule has 0 aliphatic carbocycles. The van der Waals surface area contributed by atoms with Gasteiger partial charge >= 0.3 is 0 Å². The lowest BCUT2D eigenvalue weighted by Gasteiger charge is -2.21. The molecule has 1 saturated heterocycles. The van der Waals surface area contributed by atoms with Crippen LogP contribution < -0.4 is 0 Å². The molecule has 1 fully saturated rings. The minimum absolute atomic E-state index is 0.285. The van der Waals surface area contributed by atoms with Gasteiger partial charge in [-0.1, -0.05) is 0 Å². The van der Waals surface area contributed by atoms with E-state index in [4.69, 9.17) is 20.8 Å². The Labute approximate surface area is 94.0 Å². The second kappa shape index (κ2) is 5.47. The molecule has 1 aliphatic heterocycles. The number of rotatable bonds is 4. The van der Waals surface area contributed by atoms with Gasteiger partial charge in [0, 0.05) is 13.0 Å². The highest BCUT2D eigenvalue weighted by Gasteiger charge is 2.15. The summed E-state index contributed by atoms with van der Waals surface area (Å²) in [7, 11) is 0. The molecule has 1 unspecified atom stereocenters. The van der Waals surface area contributed by atoms with E-state index in [2.05, 4.69) is 10.2 Å². The van der Waals surface area contributed by atoms with E-state index in [9.17, 15) is 0 Å². The van der Waals surface area contributed by atoms with Crippen molar-refractivity contribution in [3.05, 3.63) is 11.8 Å². The Kier molecular flexibility index (Phi) is 3.97. The predicted molar refractivity (Wildman–Crippen MR) is 55.8 cm³/mol. The van der Waals surface area contributed by atoms with Crippen molar-refractivity contribution in [2.75, 3.05) is 6.61 Å². The molecule has 2 heterocycles. The van der Waals surface area contributed by atoms with Gasteiger partial charge in [0.25, 0.3) is 0 Å². The second-order valence-corrected chi connectivity index (χ2v) is 4.02. The summed E-state index contributed by atoms with van der Waals surface area (Å²) in [4.78, 5) is 0. The molecule has 4 nitrogen and oxygen atoms in total. The maximum atomic E-state index is 5.62. The van der Waals surface area contributed by atoms with Crippen LogP contribution in [-0.4, -0.2) is 22.9 Å². The average molecular weight is 231 g/mol. The third-order valence-electron chi connectivity index (χ3n) is 2.58. The highest BCUT2D eigenvalue weighted by molar-refractivity contribution is 6.16. The predicted octanol–water partition coefficient (Wildman–Crippen LogP) is 2.31. The molecule has 2 rings (SSSR count). The number of hydrogen-bond donors (Lipinski definition) is 0. The van der Waals surface area contributed by atoms with Crippen LogP contribution in [0.3, 0.4) is 0 Å². The zero-order chi connectivity index (χ0) is 10.5. The SMILES string of the molecule is ClCc1nnc(CCC2CCCCO2)o1. The van der Waals surface area contributed by atoms with Crippen LogP contribution in [0, 0.1) is 0 Å². The van der Waals surface area contributed by atoms with Crippen LogP contribution in [0.4, 0.5) is 0 Å². The number of ether oxygens (including phenoxy) is 1. The minimum Gasteiger partial charge on any atom is -0.424 e. The van der Waals surface area contributed by atoms with Gasteiger partial charge in [-0.25, -0.2) is 0 Å². The van der Waals surface area contributed by atoms with Crippen molar-refractivity contribution in [2.24, 2.45) is 0 Å².